The van der Waals surface area contributed by atoms with Crippen LogP contribution in [0.3, 0.4) is 0 Å². The van der Waals surface area contributed by atoms with Crippen molar-refractivity contribution in [2.45, 2.75) is 13.8 Å². The lowest BCUT2D eigenvalue weighted by atomic mass is 10.2. The summed E-state index contributed by atoms with van der Waals surface area (Å²) in [5.74, 6) is 6.33. The second-order valence-corrected chi connectivity index (χ2v) is 4.44. The van der Waals surface area contributed by atoms with E-state index < -0.39 is 0 Å². The summed E-state index contributed by atoms with van der Waals surface area (Å²) in [6.07, 6.45) is 0. The zero-order chi connectivity index (χ0) is 15.2. The minimum absolute atomic E-state index is 0.221. The lowest BCUT2D eigenvalue weighted by Crippen LogP contribution is -2.15. The van der Waals surface area contributed by atoms with Crippen LogP contribution in [0, 0.1) is 6.92 Å². The number of nitrogens with one attached hydrogen (secondary N) is 2. The predicted octanol–water partition coefficient (Wildman–Crippen LogP) is 2.33. The van der Waals surface area contributed by atoms with Gasteiger partial charge in [-0.15, -0.1) is 0 Å². The largest absolute Gasteiger partial charge is 0.494 e. The number of carbonyl (C=O) groups is 1. The summed E-state index contributed by atoms with van der Waals surface area (Å²) >= 11 is 0. The van der Waals surface area contributed by atoms with Crippen molar-refractivity contribution in [2.75, 3.05) is 17.3 Å². The number of nitrogens with zero attached hydrogens (tertiary/aromatic N) is 1. The summed E-state index contributed by atoms with van der Waals surface area (Å²) in [5, 5.41) is 2.82. The van der Waals surface area contributed by atoms with Gasteiger partial charge in [-0.05, 0) is 50.2 Å². The number of rotatable bonds is 5. The molecule has 0 aliphatic heterocycles. The van der Waals surface area contributed by atoms with Crippen molar-refractivity contribution in [3.05, 3.63) is 47.7 Å². The van der Waals surface area contributed by atoms with Crippen LogP contribution in [0.25, 0.3) is 0 Å². The number of nitrogens with two attached hydrogens (primary N) is 1. The molecule has 21 heavy (non-hydrogen) atoms. The smallest absolute Gasteiger partial charge is 0.255 e. The number of hydrogen-bond donors (Lipinski definition) is 3. The maximum absolute atomic E-state index is 12.2. The van der Waals surface area contributed by atoms with E-state index in [1.54, 1.807) is 31.2 Å². The van der Waals surface area contributed by atoms with Crippen LogP contribution >= 0.6 is 0 Å². The Morgan fingerprint density at radius 1 is 1.29 bits per heavy atom. The molecule has 4 N–H and O–H groups in total. The van der Waals surface area contributed by atoms with Gasteiger partial charge in [0.1, 0.15) is 11.6 Å². The molecule has 0 spiro atoms. The molecule has 0 fully saturated rings. The number of nitrogen functional groups attached to an aromatic ring is 1. The van der Waals surface area contributed by atoms with E-state index in [1.165, 1.54) is 0 Å². The molecule has 1 heterocycles. The first kappa shape index (κ1) is 14.8. The van der Waals surface area contributed by atoms with E-state index in [1.807, 2.05) is 19.1 Å². The van der Waals surface area contributed by atoms with E-state index in [4.69, 9.17) is 10.6 Å². The van der Waals surface area contributed by atoms with E-state index in [-0.39, 0.29) is 5.91 Å². The average Bonchev–Trinajstić information content (AvgIpc) is 2.48. The van der Waals surface area contributed by atoms with Gasteiger partial charge in [0.15, 0.2) is 0 Å². The fraction of sp³-hybridized carbons (Fsp3) is 0.200. The third kappa shape index (κ3) is 3.93. The van der Waals surface area contributed by atoms with Gasteiger partial charge in [0, 0.05) is 16.9 Å². The molecule has 0 aliphatic rings. The fourth-order valence-corrected chi connectivity index (χ4v) is 1.88. The molecular weight excluding hydrogens is 268 g/mol. The summed E-state index contributed by atoms with van der Waals surface area (Å²) in [7, 11) is 0. The second kappa shape index (κ2) is 6.71. The first-order valence-corrected chi connectivity index (χ1v) is 6.62. The first-order chi connectivity index (χ1) is 10.1. The van der Waals surface area contributed by atoms with Gasteiger partial charge in [-0.3, -0.25) is 4.79 Å². The van der Waals surface area contributed by atoms with Crippen molar-refractivity contribution in [2.24, 2.45) is 5.84 Å². The van der Waals surface area contributed by atoms with E-state index in [9.17, 15) is 4.79 Å². The van der Waals surface area contributed by atoms with Crippen molar-refractivity contribution in [3.63, 3.8) is 0 Å². The van der Waals surface area contributed by atoms with E-state index >= 15 is 0 Å². The molecular formula is C15H18N4O2. The van der Waals surface area contributed by atoms with Gasteiger partial charge < -0.3 is 15.5 Å². The maximum Gasteiger partial charge on any atom is 0.255 e. The third-order valence-corrected chi connectivity index (χ3v) is 2.79. The average molecular weight is 286 g/mol. The van der Waals surface area contributed by atoms with Crippen LogP contribution in [0.2, 0.25) is 0 Å². The van der Waals surface area contributed by atoms with Gasteiger partial charge in [0.25, 0.3) is 5.91 Å². The van der Waals surface area contributed by atoms with Gasteiger partial charge in [0.05, 0.1) is 6.61 Å². The minimum atomic E-state index is -0.221. The van der Waals surface area contributed by atoms with Crippen LogP contribution in [-0.4, -0.2) is 17.5 Å². The number of anilines is 2. The molecule has 1 aromatic carbocycles. The number of hydrogen-bond acceptors (Lipinski definition) is 5. The fourth-order valence-electron chi connectivity index (χ4n) is 1.88. The van der Waals surface area contributed by atoms with Crippen molar-refractivity contribution < 1.29 is 9.53 Å². The standard InChI is InChI=1S/C15H18N4O2/c1-3-21-13-6-4-12(5-7-13)18-15(20)11-8-10(2)17-14(9-11)19-16/h4-9H,3,16H2,1-2H3,(H,17,19)(H,18,20). The first-order valence-electron chi connectivity index (χ1n) is 6.62. The summed E-state index contributed by atoms with van der Waals surface area (Å²) < 4.78 is 5.35. The highest BCUT2D eigenvalue weighted by Crippen LogP contribution is 2.17. The minimum Gasteiger partial charge on any atom is -0.494 e. The molecule has 2 aromatic rings. The summed E-state index contributed by atoms with van der Waals surface area (Å²) in [5.41, 5.74) is 4.34. The number of aromatic nitrogens is 1. The molecule has 0 atom stereocenters. The molecule has 0 unspecified atom stereocenters. The van der Waals surface area contributed by atoms with Crippen molar-refractivity contribution in [3.8, 4) is 5.75 Å². The van der Waals surface area contributed by atoms with Crippen LogP contribution in [0.5, 0.6) is 5.75 Å². The van der Waals surface area contributed by atoms with Crippen molar-refractivity contribution >= 4 is 17.4 Å². The Kier molecular flexibility index (Phi) is 4.73. The molecule has 1 amide bonds. The molecule has 6 nitrogen and oxygen atoms in total. The number of ether oxygens (including phenoxy) is 1. The summed E-state index contributed by atoms with van der Waals surface area (Å²) in [6.45, 7) is 4.33. The number of pyridine rings is 1. The molecule has 0 saturated carbocycles. The van der Waals surface area contributed by atoms with Crippen molar-refractivity contribution in [1.29, 1.82) is 0 Å². The van der Waals surface area contributed by atoms with E-state index in [2.05, 4.69) is 15.7 Å². The van der Waals surface area contributed by atoms with Crippen LogP contribution in [0.1, 0.15) is 23.0 Å². The van der Waals surface area contributed by atoms with Gasteiger partial charge in [0.2, 0.25) is 0 Å². The Labute approximate surface area is 123 Å². The van der Waals surface area contributed by atoms with Crippen molar-refractivity contribution in [1.82, 2.24) is 4.98 Å². The van der Waals surface area contributed by atoms with E-state index in [0.717, 1.165) is 5.75 Å². The molecule has 2 rings (SSSR count). The lowest BCUT2D eigenvalue weighted by molar-refractivity contribution is 0.102. The number of carbonyl (C=O) groups excluding carboxylic acids is 1. The Balaban J connectivity index is 2.12. The van der Waals surface area contributed by atoms with Gasteiger partial charge in [-0.2, -0.15) is 0 Å². The highest BCUT2D eigenvalue weighted by Gasteiger charge is 2.09. The predicted molar refractivity (Wildman–Crippen MR) is 82.3 cm³/mol. The molecule has 0 aliphatic carbocycles. The number of hydrazine groups is 1. The molecule has 0 saturated heterocycles. The quantitative estimate of drug-likeness (QED) is 0.580. The summed E-state index contributed by atoms with van der Waals surface area (Å²) in [4.78, 5) is 16.3. The lowest BCUT2D eigenvalue weighted by Gasteiger charge is -2.09. The van der Waals surface area contributed by atoms with Crippen LogP contribution in [-0.2, 0) is 0 Å². The third-order valence-electron chi connectivity index (χ3n) is 2.79. The number of benzene rings is 1. The molecule has 6 heteroatoms. The monoisotopic (exact) mass is 286 g/mol. The van der Waals surface area contributed by atoms with Gasteiger partial charge in [-0.25, -0.2) is 10.8 Å². The molecule has 110 valence electrons. The highest BCUT2D eigenvalue weighted by atomic mass is 16.5. The normalized spacial score (nSPS) is 10.0. The van der Waals surface area contributed by atoms with Crippen LogP contribution < -0.4 is 21.3 Å². The zero-order valence-electron chi connectivity index (χ0n) is 12.0. The zero-order valence-corrected chi connectivity index (χ0v) is 12.0. The van der Waals surface area contributed by atoms with Crippen LogP contribution in [0.4, 0.5) is 11.5 Å². The Morgan fingerprint density at radius 2 is 2.00 bits per heavy atom. The summed E-state index contributed by atoms with van der Waals surface area (Å²) in [6, 6.07) is 10.5. The van der Waals surface area contributed by atoms with E-state index in [0.29, 0.717) is 29.4 Å². The molecule has 1 aromatic heterocycles. The van der Waals surface area contributed by atoms with Crippen LogP contribution in [0.15, 0.2) is 36.4 Å². The SMILES string of the molecule is CCOc1ccc(NC(=O)c2cc(C)nc(NN)c2)cc1. The molecule has 0 radical (unpaired) electrons. The van der Waals surface area contributed by atoms with Gasteiger partial charge >= 0.3 is 0 Å². The van der Waals surface area contributed by atoms with Gasteiger partial charge in [-0.1, -0.05) is 0 Å². The Bertz CT molecular complexity index is 626. The molecule has 0 bridgehead atoms. The topological polar surface area (TPSA) is 89.3 Å². The number of aryl methyl sites for hydroxylation is 1. The highest BCUT2D eigenvalue weighted by molar-refractivity contribution is 6.04. The maximum atomic E-state index is 12.2. The Hall–Kier alpha value is -2.60. The number of amides is 1. The second-order valence-electron chi connectivity index (χ2n) is 4.44. The Morgan fingerprint density at radius 3 is 2.62 bits per heavy atom.